The van der Waals surface area contributed by atoms with E-state index in [1.807, 2.05) is 26.8 Å². The van der Waals surface area contributed by atoms with Crippen molar-refractivity contribution in [2.45, 2.75) is 82.9 Å². The van der Waals surface area contributed by atoms with Gasteiger partial charge < -0.3 is 19.9 Å². The van der Waals surface area contributed by atoms with E-state index in [1.54, 1.807) is 6.07 Å². The number of hydrogen-bond donors (Lipinski definition) is 2. The number of rotatable bonds is 6. The third-order valence-electron chi connectivity index (χ3n) is 7.57. The van der Waals surface area contributed by atoms with Crippen molar-refractivity contribution in [3.8, 4) is 0 Å². The minimum absolute atomic E-state index is 0.167. The van der Waals surface area contributed by atoms with Gasteiger partial charge in [-0.05, 0) is 83.5 Å². The summed E-state index contributed by atoms with van der Waals surface area (Å²) in [6.07, 6.45) is 4.19. The molecule has 0 radical (unpaired) electrons. The molecule has 3 fully saturated rings. The molecule has 1 aliphatic carbocycles. The van der Waals surface area contributed by atoms with Crippen LogP contribution in [0.5, 0.6) is 0 Å². The summed E-state index contributed by atoms with van der Waals surface area (Å²) in [5.41, 5.74) is 0.711. The zero-order valence-electron chi connectivity index (χ0n) is 21.8. The molecule has 198 valence electrons. The Hall–Kier alpha value is -2.68. The summed E-state index contributed by atoms with van der Waals surface area (Å²) in [7, 11) is 2.15. The zero-order valence-corrected chi connectivity index (χ0v) is 21.8. The Kier molecular flexibility index (Phi) is 7.87. The van der Waals surface area contributed by atoms with Gasteiger partial charge in [0.05, 0.1) is 11.6 Å². The predicted octanol–water partition coefficient (Wildman–Crippen LogP) is 3.55. The summed E-state index contributed by atoms with van der Waals surface area (Å²) in [5, 5.41) is 5.29. The fourth-order valence-electron chi connectivity index (χ4n) is 5.46. The van der Waals surface area contributed by atoms with Gasteiger partial charge in [0, 0.05) is 38.1 Å². The molecule has 2 heterocycles. The van der Waals surface area contributed by atoms with Crippen LogP contribution < -0.4 is 15.5 Å². The van der Waals surface area contributed by atoms with Gasteiger partial charge in [0.1, 0.15) is 11.4 Å². The fourth-order valence-corrected chi connectivity index (χ4v) is 5.46. The molecule has 3 amide bonds. The lowest BCUT2D eigenvalue weighted by molar-refractivity contribution is -0.134. The Bertz CT molecular complexity index is 980. The molecule has 0 spiro atoms. The maximum atomic E-state index is 15.0. The van der Waals surface area contributed by atoms with Gasteiger partial charge in [0.25, 0.3) is 0 Å². The number of carbonyl (C=O) groups is 3. The summed E-state index contributed by atoms with van der Waals surface area (Å²) in [6, 6.07) is 5.66. The largest absolute Gasteiger partial charge is 0.444 e. The van der Waals surface area contributed by atoms with Crippen LogP contribution in [-0.4, -0.2) is 67.2 Å². The van der Waals surface area contributed by atoms with Gasteiger partial charge in [-0.1, -0.05) is 6.07 Å². The zero-order chi connectivity index (χ0) is 26.0. The van der Waals surface area contributed by atoms with Crippen LogP contribution in [0.15, 0.2) is 18.2 Å². The number of hydrogen-bond acceptors (Lipinski definition) is 6. The maximum Gasteiger partial charge on any atom is 0.407 e. The van der Waals surface area contributed by atoms with Gasteiger partial charge in [0.2, 0.25) is 11.8 Å². The normalized spacial score (nSPS) is 25.4. The van der Waals surface area contributed by atoms with Crippen LogP contribution in [0.2, 0.25) is 0 Å². The van der Waals surface area contributed by atoms with Crippen LogP contribution in [0.4, 0.5) is 14.9 Å². The molecule has 1 unspecified atom stereocenters. The van der Waals surface area contributed by atoms with E-state index in [9.17, 15) is 18.8 Å². The number of alkyl carbamates (subject to hydrolysis) is 1. The Morgan fingerprint density at radius 3 is 2.50 bits per heavy atom. The summed E-state index contributed by atoms with van der Waals surface area (Å²) in [4.78, 5) is 39.9. The van der Waals surface area contributed by atoms with Gasteiger partial charge in [-0.15, -0.1) is 0 Å². The second kappa shape index (κ2) is 10.7. The first-order valence-electron chi connectivity index (χ1n) is 13.1. The SMILES string of the molecule is CN(CC1CCN(c2ccc(C3CCC(=O)NC3=O)cc2F)CC1)C1CC(NC(=O)OC(C)(C)C)C1. The number of anilines is 1. The number of halogens is 1. The van der Waals surface area contributed by atoms with Gasteiger partial charge in [0.15, 0.2) is 0 Å². The number of imide groups is 1. The number of carbonyl (C=O) groups excluding carboxylic acids is 3. The van der Waals surface area contributed by atoms with Crippen molar-refractivity contribution in [2.75, 3.05) is 31.6 Å². The van der Waals surface area contributed by atoms with Gasteiger partial charge in [-0.25, -0.2) is 9.18 Å². The molecule has 3 aliphatic rings. The minimum Gasteiger partial charge on any atom is -0.444 e. The fraction of sp³-hybridized carbons (Fsp3) is 0.667. The second-order valence-corrected chi connectivity index (χ2v) is 11.6. The lowest BCUT2D eigenvalue weighted by Gasteiger charge is -2.43. The van der Waals surface area contributed by atoms with Crippen molar-refractivity contribution in [2.24, 2.45) is 5.92 Å². The Morgan fingerprint density at radius 1 is 1.19 bits per heavy atom. The number of ether oxygens (including phenoxy) is 1. The molecule has 4 rings (SSSR count). The monoisotopic (exact) mass is 502 g/mol. The molecule has 36 heavy (non-hydrogen) atoms. The van der Waals surface area contributed by atoms with Gasteiger partial charge in [-0.3, -0.25) is 14.9 Å². The molecular formula is C27H39FN4O4. The van der Waals surface area contributed by atoms with Crippen LogP contribution in [0.25, 0.3) is 0 Å². The average Bonchev–Trinajstić information content (AvgIpc) is 2.75. The highest BCUT2D eigenvalue weighted by Crippen LogP contribution is 2.32. The third kappa shape index (κ3) is 6.55. The van der Waals surface area contributed by atoms with E-state index in [2.05, 4.69) is 27.5 Å². The Morgan fingerprint density at radius 2 is 1.89 bits per heavy atom. The topological polar surface area (TPSA) is 91.0 Å². The van der Waals surface area contributed by atoms with E-state index in [1.165, 1.54) is 6.07 Å². The first-order valence-corrected chi connectivity index (χ1v) is 13.1. The van der Waals surface area contributed by atoms with Crippen LogP contribution in [0.1, 0.15) is 70.8 Å². The molecule has 2 aliphatic heterocycles. The van der Waals surface area contributed by atoms with Crippen molar-refractivity contribution in [3.05, 3.63) is 29.6 Å². The minimum atomic E-state index is -0.489. The quantitative estimate of drug-likeness (QED) is 0.579. The summed E-state index contributed by atoms with van der Waals surface area (Å²) >= 11 is 0. The van der Waals surface area contributed by atoms with Crippen molar-refractivity contribution >= 4 is 23.6 Å². The standard InChI is InChI=1S/C27H39FN4O4/c1-27(2,3)36-26(35)29-19-14-20(15-19)31(4)16-17-9-11-32(12-10-17)23-7-5-18(13-22(23)28)21-6-8-24(33)30-25(21)34/h5,7,13,17,19-21H,6,8-12,14-16H2,1-4H3,(H,29,35)(H,30,33,34). The predicted molar refractivity (Wildman–Crippen MR) is 135 cm³/mol. The molecule has 0 bridgehead atoms. The van der Waals surface area contributed by atoms with E-state index in [4.69, 9.17) is 4.74 Å². The smallest absolute Gasteiger partial charge is 0.407 e. The molecule has 1 saturated carbocycles. The first-order chi connectivity index (χ1) is 17.0. The van der Waals surface area contributed by atoms with Crippen molar-refractivity contribution in [1.82, 2.24) is 15.5 Å². The number of benzene rings is 1. The molecule has 9 heteroatoms. The van der Waals surface area contributed by atoms with Crippen molar-refractivity contribution < 1.29 is 23.5 Å². The highest BCUT2D eigenvalue weighted by molar-refractivity contribution is 6.00. The van der Waals surface area contributed by atoms with E-state index in [0.717, 1.165) is 45.3 Å². The molecule has 8 nitrogen and oxygen atoms in total. The molecule has 1 aromatic carbocycles. The second-order valence-electron chi connectivity index (χ2n) is 11.6. The molecule has 2 N–H and O–H groups in total. The molecule has 0 aromatic heterocycles. The van der Waals surface area contributed by atoms with Crippen LogP contribution in [0, 0.1) is 11.7 Å². The molecule has 1 atom stereocenters. The molecular weight excluding hydrogens is 463 g/mol. The lowest BCUT2D eigenvalue weighted by atomic mass is 9.84. The van der Waals surface area contributed by atoms with E-state index in [-0.39, 0.29) is 36.2 Å². The summed E-state index contributed by atoms with van der Waals surface area (Å²) < 4.78 is 20.3. The van der Waals surface area contributed by atoms with Crippen molar-refractivity contribution in [1.29, 1.82) is 0 Å². The highest BCUT2D eigenvalue weighted by atomic mass is 19.1. The highest BCUT2D eigenvalue weighted by Gasteiger charge is 2.35. The number of amides is 3. The van der Waals surface area contributed by atoms with Crippen LogP contribution in [-0.2, 0) is 14.3 Å². The first kappa shape index (κ1) is 26.4. The number of nitrogens with one attached hydrogen (secondary N) is 2. The third-order valence-corrected chi connectivity index (χ3v) is 7.57. The molecule has 2 saturated heterocycles. The maximum absolute atomic E-state index is 15.0. The average molecular weight is 503 g/mol. The Labute approximate surface area is 212 Å². The summed E-state index contributed by atoms with van der Waals surface area (Å²) in [5.74, 6) is -0.850. The summed E-state index contributed by atoms with van der Waals surface area (Å²) in [6.45, 7) is 8.16. The van der Waals surface area contributed by atoms with Gasteiger partial charge >= 0.3 is 6.09 Å². The van der Waals surface area contributed by atoms with E-state index < -0.39 is 11.5 Å². The molecule has 1 aromatic rings. The van der Waals surface area contributed by atoms with Crippen LogP contribution in [0.3, 0.4) is 0 Å². The van der Waals surface area contributed by atoms with Crippen molar-refractivity contribution in [3.63, 3.8) is 0 Å². The lowest BCUT2D eigenvalue weighted by Crippen LogP contribution is -2.54. The number of nitrogens with zero attached hydrogens (tertiary/aromatic N) is 2. The Balaban J connectivity index is 1.21. The van der Waals surface area contributed by atoms with Gasteiger partial charge in [-0.2, -0.15) is 0 Å². The van der Waals surface area contributed by atoms with E-state index in [0.29, 0.717) is 29.6 Å². The number of piperidine rings is 2. The van der Waals surface area contributed by atoms with E-state index >= 15 is 0 Å². The van der Waals surface area contributed by atoms with Crippen LogP contribution >= 0.6 is 0 Å².